The summed E-state index contributed by atoms with van der Waals surface area (Å²) < 4.78 is 69.7. The van der Waals surface area contributed by atoms with Gasteiger partial charge in [-0.3, -0.25) is 14.9 Å². The minimum Gasteiger partial charge on any atom is -0.502 e. The molecular formula is C21H9BrF5NO4S. The van der Waals surface area contributed by atoms with Gasteiger partial charge in [0.2, 0.25) is 5.82 Å². The van der Waals surface area contributed by atoms with E-state index in [-0.39, 0.29) is 22.9 Å². The van der Waals surface area contributed by atoms with Crippen LogP contribution in [0, 0.1) is 39.2 Å². The molecule has 0 radical (unpaired) electrons. The Bertz CT molecular complexity index is 1290. The number of halogens is 6. The summed E-state index contributed by atoms with van der Waals surface area (Å²) in [7, 11) is 0. The topological polar surface area (TPSA) is 80.4 Å². The van der Waals surface area contributed by atoms with E-state index in [2.05, 4.69) is 15.9 Å². The summed E-state index contributed by atoms with van der Waals surface area (Å²) in [5, 5.41) is 20.7. The quantitative estimate of drug-likeness (QED) is 0.0540. The Labute approximate surface area is 194 Å². The van der Waals surface area contributed by atoms with Crippen molar-refractivity contribution in [2.75, 3.05) is 0 Å². The highest BCUT2D eigenvalue weighted by molar-refractivity contribution is 9.10. The number of allylic oxidation sites excluding steroid dienone is 1. The van der Waals surface area contributed by atoms with Gasteiger partial charge in [0, 0.05) is 16.1 Å². The zero-order chi connectivity index (χ0) is 24.4. The fourth-order valence-electron chi connectivity index (χ4n) is 2.61. The van der Waals surface area contributed by atoms with E-state index in [0.29, 0.717) is 4.47 Å². The van der Waals surface area contributed by atoms with Crippen LogP contribution in [-0.4, -0.2) is 15.8 Å². The van der Waals surface area contributed by atoms with E-state index >= 15 is 0 Å². The number of nitrogens with zero attached hydrogens (tertiary/aromatic N) is 1. The van der Waals surface area contributed by atoms with E-state index in [1.165, 1.54) is 24.3 Å². The van der Waals surface area contributed by atoms with E-state index in [9.17, 15) is 42.0 Å². The Balaban J connectivity index is 2.16. The highest BCUT2D eigenvalue weighted by Gasteiger charge is 2.28. The van der Waals surface area contributed by atoms with Gasteiger partial charge in [0.15, 0.2) is 34.8 Å². The number of benzene rings is 3. The minimum absolute atomic E-state index is 0.00469. The van der Waals surface area contributed by atoms with Crippen molar-refractivity contribution in [2.24, 2.45) is 0 Å². The van der Waals surface area contributed by atoms with E-state index in [4.69, 9.17) is 0 Å². The van der Waals surface area contributed by atoms with E-state index in [0.717, 1.165) is 24.3 Å². The van der Waals surface area contributed by atoms with Gasteiger partial charge < -0.3 is 5.11 Å². The number of hydrogen-bond acceptors (Lipinski definition) is 5. The SMILES string of the molecule is O=C(C(=Cc1ccc([N+](=O)[O-])c(O)c1)Sc1c(F)c(F)c(F)c(F)c1F)c1ccc(Br)cc1. The second-order valence-electron chi connectivity index (χ2n) is 6.35. The molecule has 0 aliphatic rings. The van der Waals surface area contributed by atoms with Gasteiger partial charge in [-0.25, -0.2) is 22.0 Å². The van der Waals surface area contributed by atoms with Gasteiger partial charge in [0.05, 0.1) is 14.7 Å². The highest BCUT2D eigenvalue weighted by Crippen LogP contribution is 2.38. The molecule has 0 atom stereocenters. The average molecular weight is 546 g/mol. The molecule has 0 bridgehead atoms. The summed E-state index contributed by atoms with van der Waals surface area (Å²) in [4.78, 5) is 21.2. The van der Waals surface area contributed by atoms with Crippen LogP contribution in [0.2, 0.25) is 0 Å². The molecule has 12 heteroatoms. The summed E-state index contributed by atoms with van der Waals surface area (Å²) >= 11 is 3.16. The third-order valence-electron chi connectivity index (χ3n) is 4.21. The van der Waals surface area contributed by atoms with Crippen molar-refractivity contribution >= 4 is 45.2 Å². The van der Waals surface area contributed by atoms with Gasteiger partial charge in [-0.05, 0) is 48.0 Å². The normalized spacial score (nSPS) is 11.5. The molecule has 1 N–H and O–H groups in total. The minimum atomic E-state index is -2.35. The number of Topliss-reactive ketones (excluding diaryl/α,β-unsaturated/α-hetero) is 1. The maximum atomic E-state index is 14.2. The van der Waals surface area contributed by atoms with Crippen LogP contribution >= 0.6 is 27.7 Å². The van der Waals surface area contributed by atoms with Crippen molar-refractivity contribution in [3.8, 4) is 5.75 Å². The summed E-state index contributed by atoms with van der Waals surface area (Å²) in [6.45, 7) is 0. The van der Waals surface area contributed by atoms with Crippen LogP contribution in [-0.2, 0) is 0 Å². The molecule has 0 saturated heterocycles. The fraction of sp³-hybridized carbons (Fsp3) is 0. The van der Waals surface area contributed by atoms with Crippen LogP contribution in [0.4, 0.5) is 27.6 Å². The maximum Gasteiger partial charge on any atom is 0.310 e. The number of nitro groups is 1. The van der Waals surface area contributed by atoms with Crippen LogP contribution in [0.3, 0.4) is 0 Å². The molecule has 0 amide bonds. The largest absolute Gasteiger partial charge is 0.502 e. The van der Waals surface area contributed by atoms with Crippen molar-refractivity contribution in [1.82, 2.24) is 0 Å². The fourth-order valence-corrected chi connectivity index (χ4v) is 3.85. The van der Waals surface area contributed by atoms with E-state index in [1.54, 1.807) is 0 Å². The van der Waals surface area contributed by atoms with Gasteiger partial charge in [0.25, 0.3) is 0 Å². The first-order valence-electron chi connectivity index (χ1n) is 8.70. The lowest BCUT2D eigenvalue weighted by atomic mass is 10.1. The molecule has 3 aromatic rings. The Morgan fingerprint density at radius 1 is 0.939 bits per heavy atom. The molecule has 170 valence electrons. The van der Waals surface area contributed by atoms with Crippen molar-refractivity contribution < 1.29 is 36.8 Å². The number of ketones is 1. The number of carbonyl (C=O) groups excluding carboxylic acids is 1. The Hall–Kier alpha value is -3.25. The smallest absolute Gasteiger partial charge is 0.310 e. The zero-order valence-corrected chi connectivity index (χ0v) is 18.3. The Kier molecular flexibility index (Phi) is 7.18. The van der Waals surface area contributed by atoms with E-state index < -0.39 is 61.0 Å². The molecule has 0 spiro atoms. The van der Waals surface area contributed by atoms with Gasteiger partial charge in [-0.2, -0.15) is 0 Å². The van der Waals surface area contributed by atoms with Gasteiger partial charge >= 0.3 is 5.69 Å². The standard InChI is InChI=1S/C21H9BrF5NO4S/c22-11-4-2-10(3-5-11)20(30)14(8-9-1-6-12(28(31)32)13(29)7-9)33-21-18(26)16(24)15(23)17(25)19(21)27/h1-8,29H. The molecule has 0 heterocycles. The lowest BCUT2D eigenvalue weighted by molar-refractivity contribution is -0.385. The lowest BCUT2D eigenvalue weighted by Crippen LogP contribution is -2.06. The molecule has 0 aromatic heterocycles. The molecule has 0 aliphatic heterocycles. The molecule has 0 unspecified atom stereocenters. The van der Waals surface area contributed by atoms with Gasteiger partial charge in [-0.1, -0.05) is 27.7 Å². The maximum absolute atomic E-state index is 14.2. The molecule has 0 aliphatic carbocycles. The number of aromatic hydroxyl groups is 1. The first-order chi connectivity index (χ1) is 15.5. The number of nitro benzene ring substituents is 1. The van der Waals surface area contributed by atoms with Gasteiger partial charge in [0.1, 0.15) is 0 Å². The van der Waals surface area contributed by atoms with Gasteiger partial charge in [-0.15, -0.1) is 0 Å². The summed E-state index contributed by atoms with van der Waals surface area (Å²) in [6.07, 6.45) is 0.997. The monoisotopic (exact) mass is 545 g/mol. The predicted octanol–water partition coefficient (Wildman–Crippen LogP) is 6.77. The zero-order valence-electron chi connectivity index (χ0n) is 15.9. The third kappa shape index (κ3) is 5.06. The third-order valence-corrected chi connectivity index (χ3v) is 5.82. The molecule has 3 aromatic carbocycles. The average Bonchev–Trinajstić information content (AvgIpc) is 2.78. The summed E-state index contributed by atoms with van der Waals surface area (Å²) in [6, 6.07) is 8.65. The second kappa shape index (κ2) is 9.71. The molecular weight excluding hydrogens is 537 g/mol. The van der Waals surface area contributed by atoms with Crippen LogP contribution in [0.25, 0.3) is 6.08 Å². The number of phenolic OH excluding ortho intramolecular Hbond substituents is 1. The number of rotatable bonds is 6. The number of hydrogen-bond donors (Lipinski definition) is 1. The summed E-state index contributed by atoms with van der Waals surface area (Å²) in [5.41, 5.74) is -0.623. The molecule has 0 saturated carbocycles. The van der Waals surface area contributed by atoms with Crippen LogP contribution in [0.1, 0.15) is 15.9 Å². The molecule has 0 fully saturated rings. The Morgan fingerprint density at radius 2 is 1.48 bits per heavy atom. The van der Waals surface area contributed by atoms with Crippen molar-refractivity contribution in [3.63, 3.8) is 0 Å². The predicted molar refractivity (Wildman–Crippen MR) is 113 cm³/mol. The Morgan fingerprint density at radius 3 is 2.00 bits per heavy atom. The number of carbonyl (C=O) groups is 1. The van der Waals surface area contributed by atoms with E-state index in [1.807, 2.05) is 0 Å². The van der Waals surface area contributed by atoms with Crippen molar-refractivity contribution in [3.05, 3.63) is 102 Å². The molecule has 33 heavy (non-hydrogen) atoms. The summed E-state index contributed by atoms with van der Waals surface area (Å²) in [5.74, 6) is -12.6. The highest BCUT2D eigenvalue weighted by atomic mass is 79.9. The van der Waals surface area contributed by atoms with Crippen molar-refractivity contribution in [1.29, 1.82) is 0 Å². The number of thioether (sulfide) groups is 1. The van der Waals surface area contributed by atoms with Crippen LogP contribution in [0.15, 0.2) is 56.7 Å². The first kappa shape index (κ1) is 24.4. The molecule has 5 nitrogen and oxygen atoms in total. The number of phenols is 1. The first-order valence-corrected chi connectivity index (χ1v) is 10.3. The van der Waals surface area contributed by atoms with Crippen molar-refractivity contribution in [2.45, 2.75) is 4.90 Å². The molecule has 3 rings (SSSR count). The lowest BCUT2D eigenvalue weighted by Gasteiger charge is -2.11. The van der Waals surface area contributed by atoms with Crippen LogP contribution in [0.5, 0.6) is 5.75 Å². The second-order valence-corrected chi connectivity index (χ2v) is 8.32. The van der Waals surface area contributed by atoms with Crippen LogP contribution < -0.4 is 0 Å².